The number of piperazine rings is 1. The van der Waals surface area contributed by atoms with E-state index >= 15 is 0 Å². The maximum absolute atomic E-state index is 11.9. The van der Waals surface area contributed by atoms with E-state index in [1.54, 1.807) is 18.0 Å². The van der Waals surface area contributed by atoms with E-state index in [1.165, 1.54) is 0 Å². The first kappa shape index (κ1) is 14.0. The van der Waals surface area contributed by atoms with Crippen LogP contribution in [0.5, 0.6) is 0 Å². The molecule has 2 heterocycles. The number of thioether (sulfide) groups is 1. The zero-order chi connectivity index (χ0) is 13.7. The lowest BCUT2D eigenvalue weighted by Crippen LogP contribution is -2.48. The molecule has 1 amide bonds. The van der Waals surface area contributed by atoms with Gasteiger partial charge in [-0.05, 0) is 18.4 Å². The number of pyridine rings is 1. The van der Waals surface area contributed by atoms with Crippen molar-refractivity contribution in [1.82, 2.24) is 9.88 Å². The number of nitrogen functional groups attached to an aromatic ring is 1. The smallest absolute Gasteiger partial charge is 0.223 e. The summed E-state index contributed by atoms with van der Waals surface area (Å²) >= 11 is 1.71. The number of hydrogen-bond donors (Lipinski definition) is 1. The molecule has 1 fully saturated rings. The van der Waals surface area contributed by atoms with Crippen LogP contribution in [-0.2, 0) is 4.79 Å². The molecular weight excluding hydrogens is 260 g/mol. The highest BCUT2D eigenvalue weighted by Gasteiger charge is 2.20. The van der Waals surface area contributed by atoms with E-state index in [4.69, 9.17) is 5.73 Å². The van der Waals surface area contributed by atoms with Crippen LogP contribution < -0.4 is 10.6 Å². The summed E-state index contributed by atoms with van der Waals surface area (Å²) in [5.74, 6) is 1.71. The molecule has 1 aromatic heterocycles. The summed E-state index contributed by atoms with van der Waals surface area (Å²) in [6.45, 7) is 3.29. The number of nitrogens with zero attached hydrogens (tertiary/aromatic N) is 3. The molecule has 0 aliphatic carbocycles. The zero-order valence-corrected chi connectivity index (χ0v) is 12.0. The molecule has 1 saturated heterocycles. The van der Waals surface area contributed by atoms with E-state index in [2.05, 4.69) is 9.88 Å². The first-order chi connectivity index (χ1) is 9.20. The quantitative estimate of drug-likeness (QED) is 0.893. The highest BCUT2D eigenvalue weighted by molar-refractivity contribution is 7.98. The van der Waals surface area contributed by atoms with E-state index in [0.29, 0.717) is 12.2 Å². The Morgan fingerprint density at radius 3 is 2.68 bits per heavy atom. The Hall–Kier alpha value is -1.43. The number of hydrogen-bond acceptors (Lipinski definition) is 5. The first-order valence-electron chi connectivity index (χ1n) is 6.44. The van der Waals surface area contributed by atoms with Gasteiger partial charge in [0.25, 0.3) is 0 Å². The van der Waals surface area contributed by atoms with Gasteiger partial charge in [0.1, 0.15) is 5.82 Å². The van der Waals surface area contributed by atoms with Crippen LogP contribution in [-0.4, -0.2) is 54.0 Å². The van der Waals surface area contributed by atoms with Crippen LogP contribution in [0.25, 0.3) is 0 Å². The molecule has 1 aliphatic rings. The number of carbonyl (C=O) groups is 1. The standard InChI is InChI=1S/C13H20N4OS/c1-19-9-4-13(18)17-7-5-16(6-8-17)11-2-3-12(14)15-10-11/h2-3,10H,4-9H2,1H3,(H2,14,15). The van der Waals surface area contributed by atoms with E-state index < -0.39 is 0 Å². The lowest BCUT2D eigenvalue weighted by molar-refractivity contribution is -0.131. The van der Waals surface area contributed by atoms with Crippen LogP contribution in [0.1, 0.15) is 6.42 Å². The van der Waals surface area contributed by atoms with Gasteiger partial charge in [-0.2, -0.15) is 11.8 Å². The maximum atomic E-state index is 11.9. The van der Waals surface area contributed by atoms with Crippen LogP contribution in [0, 0.1) is 0 Å². The van der Waals surface area contributed by atoms with Crippen LogP contribution in [0.3, 0.4) is 0 Å². The number of aromatic nitrogens is 1. The van der Waals surface area contributed by atoms with Gasteiger partial charge in [0.15, 0.2) is 0 Å². The van der Waals surface area contributed by atoms with E-state index in [9.17, 15) is 4.79 Å². The van der Waals surface area contributed by atoms with Crippen molar-refractivity contribution in [2.24, 2.45) is 0 Å². The zero-order valence-electron chi connectivity index (χ0n) is 11.2. The van der Waals surface area contributed by atoms with Crippen LogP contribution >= 0.6 is 11.8 Å². The molecule has 19 heavy (non-hydrogen) atoms. The molecule has 104 valence electrons. The highest BCUT2D eigenvalue weighted by Crippen LogP contribution is 2.16. The Morgan fingerprint density at radius 1 is 1.37 bits per heavy atom. The van der Waals surface area contributed by atoms with Crippen LogP contribution in [0.15, 0.2) is 18.3 Å². The number of amides is 1. The highest BCUT2D eigenvalue weighted by atomic mass is 32.2. The molecule has 0 atom stereocenters. The fourth-order valence-corrected chi connectivity index (χ4v) is 2.52. The second kappa shape index (κ2) is 6.65. The number of rotatable bonds is 4. The Morgan fingerprint density at radius 2 is 2.11 bits per heavy atom. The predicted octanol–water partition coefficient (Wildman–Crippen LogP) is 1.07. The number of nitrogens with two attached hydrogens (primary N) is 1. The van der Waals surface area contributed by atoms with Crippen molar-refractivity contribution in [3.8, 4) is 0 Å². The van der Waals surface area contributed by atoms with Crippen LogP contribution in [0.4, 0.5) is 11.5 Å². The van der Waals surface area contributed by atoms with Crippen molar-refractivity contribution < 1.29 is 4.79 Å². The minimum atomic E-state index is 0.268. The number of anilines is 2. The minimum Gasteiger partial charge on any atom is -0.384 e. The molecule has 0 saturated carbocycles. The van der Waals surface area contributed by atoms with E-state index in [-0.39, 0.29) is 5.91 Å². The SMILES string of the molecule is CSCCC(=O)N1CCN(c2ccc(N)nc2)CC1. The van der Waals surface area contributed by atoms with Gasteiger partial charge in [-0.15, -0.1) is 0 Å². The van der Waals surface area contributed by atoms with Gasteiger partial charge in [-0.3, -0.25) is 4.79 Å². The Labute approximate surface area is 118 Å². The lowest BCUT2D eigenvalue weighted by atomic mass is 10.2. The van der Waals surface area contributed by atoms with Gasteiger partial charge in [-0.1, -0.05) is 0 Å². The van der Waals surface area contributed by atoms with Crippen molar-refractivity contribution in [1.29, 1.82) is 0 Å². The summed E-state index contributed by atoms with van der Waals surface area (Å²) in [6.07, 6.45) is 4.46. The van der Waals surface area contributed by atoms with E-state index in [1.807, 2.05) is 23.3 Å². The van der Waals surface area contributed by atoms with Crippen molar-refractivity contribution >= 4 is 29.2 Å². The third-order valence-electron chi connectivity index (χ3n) is 3.29. The molecule has 2 rings (SSSR count). The van der Waals surface area contributed by atoms with Crippen molar-refractivity contribution in [2.75, 3.05) is 48.8 Å². The van der Waals surface area contributed by atoms with E-state index in [0.717, 1.165) is 37.6 Å². The molecule has 0 aromatic carbocycles. The Bertz CT molecular complexity index is 415. The minimum absolute atomic E-state index is 0.268. The summed E-state index contributed by atoms with van der Waals surface area (Å²) < 4.78 is 0. The molecule has 2 N–H and O–H groups in total. The van der Waals surface area contributed by atoms with Gasteiger partial charge in [0, 0.05) is 38.4 Å². The maximum Gasteiger partial charge on any atom is 0.223 e. The van der Waals surface area contributed by atoms with Gasteiger partial charge in [0.2, 0.25) is 5.91 Å². The summed E-state index contributed by atoms with van der Waals surface area (Å²) in [5.41, 5.74) is 6.65. The molecule has 0 bridgehead atoms. The molecule has 6 heteroatoms. The molecule has 1 aromatic rings. The van der Waals surface area contributed by atoms with Crippen molar-refractivity contribution in [3.63, 3.8) is 0 Å². The fourth-order valence-electron chi connectivity index (χ4n) is 2.15. The summed E-state index contributed by atoms with van der Waals surface area (Å²) in [7, 11) is 0. The predicted molar refractivity (Wildman–Crippen MR) is 80.4 cm³/mol. The molecule has 0 unspecified atom stereocenters. The van der Waals surface area contributed by atoms with Gasteiger partial charge in [-0.25, -0.2) is 4.98 Å². The molecular formula is C13H20N4OS. The largest absolute Gasteiger partial charge is 0.384 e. The third kappa shape index (κ3) is 3.76. The monoisotopic (exact) mass is 280 g/mol. The first-order valence-corrected chi connectivity index (χ1v) is 7.83. The molecule has 0 spiro atoms. The second-order valence-electron chi connectivity index (χ2n) is 4.55. The fraction of sp³-hybridized carbons (Fsp3) is 0.538. The second-order valence-corrected chi connectivity index (χ2v) is 5.54. The average molecular weight is 280 g/mol. The van der Waals surface area contributed by atoms with Crippen molar-refractivity contribution in [3.05, 3.63) is 18.3 Å². The number of carbonyl (C=O) groups excluding carboxylic acids is 1. The van der Waals surface area contributed by atoms with Gasteiger partial charge >= 0.3 is 0 Å². The third-order valence-corrected chi connectivity index (χ3v) is 3.90. The Kier molecular flexibility index (Phi) is 4.90. The van der Waals surface area contributed by atoms with Crippen LogP contribution in [0.2, 0.25) is 0 Å². The molecule has 1 aliphatic heterocycles. The summed E-state index contributed by atoms with van der Waals surface area (Å²) in [6, 6.07) is 3.79. The summed E-state index contributed by atoms with van der Waals surface area (Å²) in [5, 5.41) is 0. The molecule has 5 nitrogen and oxygen atoms in total. The topological polar surface area (TPSA) is 62.5 Å². The Balaban J connectivity index is 1.85. The molecule has 0 radical (unpaired) electrons. The van der Waals surface area contributed by atoms with Gasteiger partial charge < -0.3 is 15.5 Å². The van der Waals surface area contributed by atoms with Crippen molar-refractivity contribution in [2.45, 2.75) is 6.42 Å². The average Bonchev–Trinajstić information content (AvgIpc) is 2.46. The normalized spacial score (nSPS) is 15.6. The van der Waals surface area contributed by atoms with Gasteiger partial charge in [0.05, 0.1) is 11.9 Å². The summed E-state index contributed by atoms with van der Waals surface area (Å²) in [4.78, 5) is 20.2. The lowest BCUT2D eigenvalue weighted by Gasteiger charge is -2.36.